The van der Waals surface area contributed by atoms with Crippen molar-refractivity contribution in [1.29, 1.82) is 0 Å². The van der Waals surface area contributed by atoms with Crippen LogP contribution in [0, 0.1) is 13.8 Å². The van der Waals surface area contributed by atoms with Gasteiger partial charge in [-0.1, -0.05) is 0 Å². The molecule has 0 aliphatic rings. The molecule has 1 heterocycles. The lowest BCUT2D eigenvalue weighted by Crippen LogP contribution is -2.11. The predicted molar refractivity (Wildman–Crippen MR) is 39.5 cm³/mol. The van der Waals surface area contributed by atoms with Gasteiger partial charge in [0, 0.05) is 0 Å². The van der Waals surface area contributed by atoms with Crippen molar-refractivity contribution in [2.75, 3.05) is 0 Å². The van der Waals surface area contributed by atoms with Crippen LogP contribution in [-0.4, -0.2) is 9.42 Å². The van der Waals surface area contributed by atoms with E-state index in [2.05, 4.69) is 0 Å². The highest BCUT2D eigenvalue weighted by atomic mass is 32.2. The maximum atomic E-state index is 10.9. The van der Waals surface area contributed by atoms with Crippen LogP contribution in [0.2, 0.25) is 0 Å². The molecule has 1 unspecified atom stereocenters. The Balaban J connectivity index is 3.03. The monoisotopic (exact) mass is 175 g/mol. The summed E-state index contributed by atoms with van der Waals surface area (Å²) in [6, 6.07) is 1.62. The van der Waals surface area contributed by atoms with Gasteiger partial charge in [0.2, 0.25) is 0 Å². The topological polar surface area (TPSA) is 62.5 Å². The van der Waals surface area contributed by atoms with Gasteiger partial charge in [-0.2, -0.15) is 0 Å². The van der Waals surface area contributed by atoms with E-state index in [1.165, 1.54) is 0 Å². The molecule has 0 saturated carbocycles. The number of hydrogen-bond acceptors (Lipinski definition) is 3. The smallest absolute Gasteiger partial charge is 0.152 e. The van der Waals surface area contributed by atoms with Gasteiger partial charge >= 0.3 is 0 Å². The molecule has 0 aromatic carbocycles. The fourth-order valence-electron chi connectivity index (χ4n) is 0.841. The van der Waals surface area contributed by atoms with Crippen molar-refractivity contribution >= 4 is 11.0 Å². The standard InChI is InChI=1S/C6H9NO3S/c1-4-3-6(5(2)10-4)11(9)7-8/h3,7-8H,1-2H3. The average Bonchev–Trinajstić information content (AvgIpc) is 2.28. The van der Waals surface area contributed by atoms with Gasteiger partial charge in [-0.15, -0.1) is 4.89 Å². The Labute approximate surface area is 66.8 Å². The van der Waals surface area contributed by atoms with E-state index < -0.39 is 11.0 Å². The average molecular weight is 175 g/mol. The van der Waals surface area contributed by atoms with Crippen LogP contribution in [0.1, 0.15) is 11.5 Å². The Morgan fingerprint density at radius 3 is 2.64 bits per heavy atom. The number of rotatable bonds is 2. The van der Waals surface area contributed by atoms with Crippen LogP contribution in [0.25, 0.3) is 0 Å². The van der Waals surface area contributed by atoms with Crippen molar-refractivity contribution in [1.82, 2.24) is 4.89 Å². The number of nitrogens with one attached hydrogen (secondary N) is 1. The third-order valence-electron chi connectivity index (χ3n) is 1.28. The molecule has 0 amide bonds. The van der Waals surface area contributed by atoms with Gasteiger partial charge in [-0.05, 0) is 19.9 Å². The Kier molecular flexibility index (Phi) is 2.43. The molecule has 5 heteroatoms. The maximum absolute atomic E-state index is 10.9. The van der Waals surface area contributed by atoms with Crippen molar-refractivity contribution < 1.29 is 13.8 Å². The Bertz CT molecular complexity index is 281. The van der Waals surface area contributed by atoms with Crippen molar-refractivity contribution in [3.8, 4) is 0 Å². The number of furan rings is 1. The normalized spacial score (nSPS) is 13.4. The van der Waals surface area contributed by atoms with Crippen LogP contribution in [-0.2, 0) is 11.0 Å². The van der Waals surface area contributed by atoms with E-state index in [9.17, 15) is 4.21 Å². The molecule has 1 atom stereocenters. The van der Waals surface area contributed by atoms with E-state index in [-0.39, 0.29) is 0 Å². The SMILES string of the molecule is Cc1cc(S(=O)NO)c(C)o1. The summed E-state index contributed by atoms with van der Waals surface area (Å²) >= 11 is 0. The van der Waals surface area contributed by atoms with Gasteiger partial charge in [-0.25, -0.2) is 4.21 Å². The van der Waals surface area contributed by atoms with E-state index in [4.69, 9.17) is 9.62 Å². The summed E-state index contributed by atoms with van der Waals surface area (Å²) in [5, 5.41) is 8.33. The molecular weight excluding hydrogens is 166 g/mol. The van der Waals surface area contributed by atoms with E-state index >= 15 is 0 Å². The molecule has 0 aliphatic carbocycles. The maximum Gasteiger partial charge on any atom is 0.152 e. The van der Waals surface area contributed by atoms with Crippen molar-refractivity contribution in [2.24, 2.45) is 0 Å². The van der Waals surface area contributed by atoms with Gasteiger partial charge in [0.05, 0.1) is 4.90 Å². The van der Waals surface area contributed by atoms with Gasteiger partial charge in [0.25, 0.3) is 0 Å². The van der Waals surface area contributed by atoms with E-state index in [1.54, 1.807) is 24.8 Å². The summed E-state index contributed by atoms with van der Waals surface area (Å²) in [4.78, 5) is 2.12. The van der Waals surface area contributed by atoms with Crippen LogP contribution in [0.4, 0.5) is 0 Å². The zero-order valence-electron chi connectivity index (χ0n) is 6.25. The van der Waals surface area contributed by atoms with Gasteiger partial charge < -0.3 is 9.62 Å². The highest BCUT2D eigenvalue weighted by Crippen LogP contribution is 2.15. The molecule has 2 N–H and O–H groups in total. The van der Waals surface area contributed by atoms with E-state index in [0.29, 0.717) is 16.4 Å². The van der Waals surface area contributed by atoms with Gasteiger partial charge in [-0.3, -0.25) is 0 Å². The highest BCUT2D eigenvalue weighted by molar-refractivity contribution is 7.83. The van der Waals surface area contributed by atoms with Crippen molar-refractivity contribution in [2.45, 2.75) is 18.7 Å². The quantitative estimate of drug-likeness (QED) is 0.656. The van der Waals surface area contributed by atoms with Crippen LogP contribution in [0.3, 0.4) is 0 Å². The second kappa shape index (κ2) is 3.17. The fraction of sp³-hybridized carbons (Fsp3) is 0.333. The largest absolute Gasteiger partial charge is 0.465 e. The van der Waals surface area contributed by atoms with E-state index in [1.807, 2.05) is 0 Å². The molecule has 62 valence electrons. The summed E-state index contributed by atoms with van der Waals surface area (Å²) in [5.74, 6) is 1.24. The van der Waals surface area contributed by atoms with Crippen molar-refractivity contribution in [3.05, 3.63) is 17.6 Å². The van der Waals surface area contributed by atoms with Crippen LogP contribution in [0.5, 0.6) is 0 Å². The minimum Gasteiger partial charge on any atom is -0.465 e. The molecule has 0 saturated heterocycles. The molecule has 1 aromatic heterocycles. The third kappa shape index (κ3) is 1.68. The van der Waals surface area contributed by atoms with Crippen LogP contribution in [0.15, 0.2) is 15.4 Å². The first-order chi connectivity index (χ1) is 5.15. The Morgan fingerprint density at radius 1 is 1.64 bits per heavy atom. The lowest BCUT2D eigenvalue weighted by atomic mass is 10.4. The second-order valence-corrected chi connectivity index (χ2v) is 3.30. The molecule has 1 aromatic rings. The summed E-state index contributed by atoms with van der Waals surface area (Å²) < 4.78 is 16.0. The highest BCUT2D eigenvalue weighted by Gasteiger charge is 2.10. The first-order valence-corrected chi connectivity index (χ1v) is 4.18. The molecule has 0 fully saturated rings. The first-order valence-electron chi connectivity index (χ1n) is 3.03. The van der Waals surface area contributed by atoms with Gasteiger partial charge in [0.15, 0.2) is 11.0 Å². The molecule has 4 nitrogen and oxygen atoms in total. The predicted octanol–water partition coefficient (Wildman–Crippen LogP) is 0.898. The number of hydrogen-bond donors (Lipinski definition) is 2. The Morgan fingerprint density at radius 2 is 2.27 bits per heavy atom. The number of aryl methyl sites for hydroxylation is 2. The van der Waals surface area contributed by atoms with Crippen molar-refractivity contribution in [3.63, 3.8) is 0 Å². The Hall–Kier alpha value is -0.650. The first kappa shape index (κ1) is 8.45. The lowest BCUT2D eigenvalue weighted by molar-refractivity contribution is 0.251. The molecule has 0 radical (unpaired) electrons. The minimum absolute atomic E-state index is 0.477. The molecule has 0 spiro atoms. The van der Waals surface area contributed by atoms with E-state index in [0.717, 1.165) is 0 Å². The molecule has 11 heavy (non-hydrogen) atoms. The summed E-state index contributed by atoms with van der Waals surface area (Å²) in [6.07, 6.45) is 0. The van der Waals surface area contributed by atoms with Gasteiger partial charge in [0.1, 0.15) is 11.5 Å². The second-order valence-electron chi connectivity index (χ2n) is 2.14. The minimum atomic E-state index is -1.57. The zero-order chi connectivity index (χ0) is 8.43. The zero-order valence-corrected chi connectivity index (χ0v) is 7.07. The fourth-order valence-corrected chi connectivity index (χ4v) is 1.51. The third-order valence-corrected chi connectivity index (χ3v) is 2.25. The summed E-state index contributed by atoms with van der Waals surface area (Å²) in [7, 11) is -1.57. The molecule has 1 rings (SSSR count). The summed E-state index contributed by atoms with van der Waals surface area (Å²) in [6.45, 7) is 3.45. The molecule has 0 aliphatic heterocycles. The molecule has 0 bridgehead atoms. The lowest BCUT2D eigenvalue weighted by Gasteiger charge is -1.93. The van der Waals surface area contributed by atoms with Crippen LogP contribution < -0.4 is 4.89 Å². The molecular formula is C6H9NO3S. The van der Waals surface area contributed by atoms with Crippen LogP contribution >= 0.6 is 0 Å². The summed E-state index contributed by atoms with van der Waals surface area (Å²) in [5.41, 5.74) is 0.